The molecule has 0 aromatic heterocycles. The summed E-state index contributed by atoms with van der Waals surface area (Å²) in [6.07, 6.45) is 2.38. The molecule has 17 heavy (non-hydrogen) atoms. The van der Waals surface area contributed by atoms with Gasteiger partial charge in [0.1, 0.15) is 0 Å². The second-order valence-electron chi connectivity index (χ2n) is 5.17. The van der Waals surface area contributed by atoms with Gasteiger partial charge in [0, 0.05) is 12.3 Å². The minimum atomic E-state index is -2.87. The monoisotopic (exact) mass is 258 g/mol. The van der Waals surface area contributed by atoms with Crippen molar-refractivity contribution in [3.63, 3.8) is 0 Å². The molecule has 1 aliphatic heterocycles. The normalized spacial score (nSPS) is 21.0. The maximum Gasteiger partial charge on any atom is 0.151 e. The number of hydrogen-bond donors (Lipinski definition) is 0. The zero-order valence-corrected chi connectivity index (χ0v) is 11.6. The van der Waals surface area contributed by atoms with Crippen molar-refractivity contribution >= 4 is 9.84 Å². The van der Waals surface area contributed by atoms with E-state index in [1.165, 1.54) is 0 Å². The summed E-state index contributed by atoms with van der Waals surface area (Å²) in [7, 11) is -2.87. The summed E-state index contributed by atoms with van der Waals surface area (Å²) in [6, 6.07) is 2.35. The van der Waals surface area contributed by atoms with E-state index in [1.54, 1.807) is 0 Å². The third-order valence-corrected chi connectivity index (χ3v) is 5.30. The van der Waals surface area contributed by atoms with Crippen LogP contribution in [0.15, 0.2) is 0 Å². The summed E-state index contributed by atoms with van der Waals surface area (Å²) in [4.78, 5) is 2.16. The van der Waals surface area contributed by atoms with Crippen LogP contribution in [0.2, 0.25) is 0 Å². The maximum atomic E-state index is 11.6. The van der Waals surface area contributed by atoms with E-state index >= 15 is 0 Å². The first kappa shape index (κ1) is 14.5. The number of sulfone groups is 1. The Hall–Kier alpha value is -0.600. The zero-order valence-electron chi connectivity index (χ0n) is 10.8. The minimum absolute atomic E-state index is 0.210. The van der Waals surface area contributed by atoms with E-state index in [-0.39, 0.29) is 16.9 Å². The predicted molar refractivity (Wildman–Crippen MR) is 68.3 cm³/mol. The van der Waals surface area contributed by atoms with Crippen molar-refractivity contribution in [1.29, 1.82) is 5.26 Å². The summed E-state index contributed by atoms with van der Waals surface area (Å²) in [6.45, 7) is 6.16. The summed E-state index contributed by atoms with van der Waals surface area (Å²) >= 11 is 0. The second kappa shape index (κ2) is 5.83. The van der Waals surface area contributed by atoms with Gasteiger partial charge in [-0.1, -0.05) is 6.92 Å². The van der Waals surface area contributed by atoms with Crippen LogP contribution < -0.4 is 0 Å². The molecule has 0 atom stereocenters. The molecule has 0 unspecified atom stereocenters. The van der Waals surface area contributed by atoms with Crippen molar-refractivity contribution in [3.8, 4) is 6.07 Å². The Morgan fingerprint density at radius 1 is 1.29 bits per heavy atom. The van der Waals surface area contributed by atoms with Gasteiger partial charge >= 0.3 is 0 Å². The average Bonchev–Trinajstić information content (AvgIpc) is 2.28. The van der Waals surface area contributed by atoms with Crippen LogP contribution in [0.4, 0.5) is 0 Å². The third-order valence-electron chi connectivity index (χ3n) is 3.46. The molecule has 98 valence electrons. The van der Waals surface area contributed by atoms with Gasteiger partial charge in [-0.3, -0.25) is 0 Å². The van der Waals surface area contributed by atoms with E-state index in [4.69, 9.17) is 5.26 Å². The van der Waals surface area contributed by atoms with Gasteiger partial charge in [0.25, 0.3) is 0 Å². The van der Waals surface area contributed by atoms with Gasteiger partial charge < -0.3 is 4.90 Å². The van der Waals surface area contributed by atoms with E-state index in [0.717, 1.165) is 25.9 Å². The van der Waals surface area contributed by atoms with Gasteiger partial charge in [-0.15, -0.1) is 0 Å². The van der Waals surface area contributed by atoms with Crippen molar-refractivity contribution in [3.05, 3.63) is 0 Å². The molecule has 0 bridgehead atoms. The molecule has 0 aromatic rings. The third kappa shape index (κ3) is 4.64. The number of piperidine rings is 1. The molecule has 0 aliphatic carbocycles. The topological polar surface area (TPSA) is 61.2 Å². The van der Waals surface area contributed by atoms with E-state index < -0.39 is 9.84 Å². The first-order valence-corrected chi connectivity index (χ1v) is 8.07. The molecule has 0 amide bonds. The predicted octanol–water partition coefficient (Wildman–Crippen LogP) is 1.44. The van der Waals surface area contributed by atoms with Crippen LogP contribution in [0, 0.1) is 16.7 Å². The summed E-state index contributed by atoms with van der Waals surface area (Å²) in [5.74, 6) is 0.543. The SMILES string of the molecule is CCCS(=O)(=O)CCN1CCC(C)(C#N)CC1. The number of rotatable bonds is 5. The van der Waals surface area contributed by atoms with Crippen LogP contribution in [0.1, 0.15) is 33.1 Å². The highest BCUT2D eigenvalue weighted by molar-refractivity contribution is 7.91. The van der Waals surface area contributed by atoms with Gasteiger partial charge in [0.15, 0.2) is 9.84 Å². The van der Waals surface area contributed by atoms with E-state index in [2.05, 4.69) is 11.0 Å². The largest absolute Gasteiger partial charge is 0.302 e. The van der Waals surface area contributed by atoms with Crippen LogP contribution in [0.25, 0.3) is 0 Å². The molecular formula is C12H22N2O2S. The Labute approximate surface area is 105 Å². The Balaban J connectivity index is 2.35. The van der Waals surface area contributed by atoms with Crippen LogP contribution in [0.3, 0.4) is 0 Å². The molecule has 1 saturated heterocycles. The lowest BCUT2D eigenvalue weighted by Crippen LogP contribution is -2.40. The van der Waals surface area contributed by atoms with Gasteiger partial charge in [-0.05, 0) is 39.3 Å². The summed E-state index contributed by atoms with van der Waals surface area (Å²) in [5.41, 5.74) is -0.210. The van der Waals surface area contributed by atoms with Gasteiger partial charge in [-0.25, -0.2) is 8.42 Å². The van der Waals surface area contributed by atoms with Crippen molar-refractivity contribution < 1.29 is 8.42 Å². The fraction of sp³-hybridized carbons (Fsp3) is 0.917. The Bertz CT molecular complexity index is 376. The van der Waals surface area contributed by atoms with Crippen LogP contribution in [-0.2, 0) is 9.84 Å². The molecule has 1 fully saturated rings. The lowest BCUT2D eigenvalue weighted by molar-refractivity contribution is 0.164. The molecule has 5 heteroatoms. The molecule has 4 nitrogen and oxygen atoms in total. The van der Waals surface area contributed by atoms with Gasteiger partial charge in [-0.2, -0.15) is 5.26 Å². The molecule has 0 radical (unpaired) electrons. The summed E-state index contributed by atoms with van der Waals surface area (Å²) in [5, 5.41) is 9.00. The highest BCUT2D eigenvalue weighted by Gasteiger charge is 2.30. The fourth-order valence-corrected chi connectivity index (χ4v) is 3.43. The number of nitrogens with zero attached hydrogens (tertiary/aromatic N) is 2. The first-order valence-electron chi connectivity index (χ1n) is 6.25. The first-order chi connectivity index (χ1) is 7.91. The molecule has 1 aliphatic rings. The van der Waals surface area contributed by atoms with Crippen molar-refractivity contribution in [2.24, 2.45) is 5.41 Å². The standard InChI is InChI=1S/C12H22N2O2S/c1-3-9-17(15,16)10-8-14-6-4-12(2,11-13)5-7-14/h3-10H2,1-2H3. The second-order valence-corrected chi connectivity index (χ2v) is 7.47. The molecule has 1 rings (SSSR count). The Kier molecular flexibility index (Phi) is 4.96. The highest BCUT2D eigenvalue weighted by atomic mass is 32.2. The van der Waals surface area contributed by atoms with Crippen molar-refractivity contribution in [2.45, 2.75) is 33.1 Å². The molecule has 0 spiro atoms. The Morgan fingerprint density at radius 3 is 2.35 bits per heavy atom. The number of nitriles is 1. The van der Waals surface area contributed by atoms with E-state index in [9.17, 15) is 8.42 Å². The number of hydrogen-bond acceptors (Lipinski definition) is 4. The van der Waals surface area contributed by atoms with Gasteiger partial charge in [0.05, 0.1) is 17.2 Å². The fourth-order valence-electron chi connectivity index (χ4n) is 2.06. The molecule has 0 saturated carbocycles. The quantitative estimate of drug-likeness (QED) is 0.748. The van der Waals surface area contributed by atoms with Crippen LogP contribution in [-0.4, -0.2) is 44.5 Å². The Morgan fingerprint density at radius 2 is 1.88 bits per heavy atom. The molecule has 1 heterocycles. The van der Waals surface area contributed by atoms with Crippen LogP contribution >= 0.6 is 0 Å². The van der Waals surface area contributed by atoms with Gasteiger partial charge in [0.2, 0.25) is 0 Å². The van der Waals surface area contributed by atoms with Crippen molar-refractivity contribution in [1.82, 2.24) is 4.90 Å². The molecule has 0 N–H and O–H groups in total. The lowest BCUT2D eigenvalue weighted by atomic mass is 9.82. The summed E-state index contributed by atoms with van der Waals surface area (Å²) < 4.78 is 23.2. The van der Waals surface area contributed by atoms with E-state index in [0.29, 0.717) is 13.0 Å². The average molecular weight is 258 g/mol. The minimum Gasteiger partial charge on any atom is -0.302 e. The zero-order chi connectivity index (χ0) is 12.9. The maximum absolute atomic E-state index is 11.6. The smallest absolute Gasteiger partial charge is 0.151 e. The molecule has 0 aromatic carbocycles. The van der Waals surface area contributed by atoms with Crippen molar-refractivity contribution in [2.75, 3.05) is 31.1 Å². The molecular weight excluding hydrogens is 236 g/mol. The van der Waals surface area contributed by atoms with Crippen LogP contribution in [0.5, 0.6) is 0 Å². The van der Waals surface area contributed by atoms with E-state index in [1.807, 2.05) is 13.8 Å². The highest BCUT2D eigenvalue weighted by Crippen LogP contribution is 2.29. The lowest BCUT2D eigenvalue weighted by Gasteiger charge is -2.34. The number of likely N-dealkylation sites (tertiary alicyclic amines) is 1.